The van der Waals surface area contributed by atoms with Gasteiger partial charge in [-0.3, -0.25) is 4.79 Å². The van der Waals surface area contributed by atoms with E-state index >= 15 is 0 Å². The number of hydrogen-bond donors (Lipinski definition) is 0. The van der Waals surface area contributed by atoms with Gasteiger partial charge in [-0.1, -0.05) is 18.1 Å². The fourth-order valence-electron chi connectivity index (χ4n) is 2.93. The van der Waals surface area contributed by atoms with Crippen LogP contribution in [0.3, 0.4) is 0 Å². The fourth-order valence-corrected chi connectivity index (χ4v) is 4.16. The van der Waals surface area contributed by atoms with Gasteiger partial charge in [0.15, 0.2) is 0 Å². The molecule has 0 radical (unpaired) electrons. The zero-order chi connectivity index (χ0) is 13.1. The van der Waals surface area contributed by atoms with Crippen molar-refractivity contribution in [3.63, 3.8) is 0 Å². The molecule has 19 heavy (non-hydrogen) atoms. The molecule has 104 valence electrons. The van der Waals surface area contributed by atoms with Crippen molar-refractivity contribution in [1.29, 1.82) is 0 Å². The molecule has 0 aromatic carbocycles. The highest BCUT2D eigenvalue weighted by Gasteiger charge is 2.28. The summed E-state index contributed by atoms with van der Waals surface area (Å²) in [5.41, 5.74) is 0. The Bertz CT molecular complexity index is 416. The predicted molar refractivity (Wildman–Crippen MR) is 75.0 cm³/mol. The number of carbonyl (C=O) groups is 1. The molecule has 1 saturated heterocycles. The zero-order valence-electron chi connectivity index (χ0n) is 11.1. The van der Waals surface area contributed by atoms with Crippen LogP contribution in [-0.4, -0.2) is 49.9 Å². The monoisotopic (exact) mass is 280 g/mol. The van der Waals surface area contributed by atoms with E-state index in [1.807, 2.05) is 27.5 Å². The van der Waals surface area contributed by atoms with E-state index in [4.69, 9.17) is 0 Å². The van der Waals surface area contributed by atoms with Crippen molar-refractivity contribution >= 4 is 17.7 Å². The van der Waals surface area contributed by atoms with Crippen molar-refractivity contribution in [2.75, 3.05) is 18.8 Å². The molecule has 0 spiro atoms. The van der Waals surface area contributed by atoms with Gasteiger partial charge in [-0.25, -0.2) is 4.68 Å². The smallest absolute Gasteiger partial charge is 0.232 e. The van der Waals surface area contributed by atoms with E-state index in [1.54, 1.807) is 6.20 Å². The molecule has 1 saturated carbocycles. The highest BCUT2D eigenvalue weighted by molar-refractivity contribution is 8.00. The minimum absolute atomic E-state index is 0.291. The van der Waals surface area contributed by atoms with E-state index < -0.39 is 0 Å². The quantitative estimate of drug-likeness (QED) is 0.843. The Morgan fingerprint density at radius 2 is 2.16 bits per heavy atom. The summed E-state index contributed by atoms with van der Waals surface area (Å²) in [5.74, 6) is 0.939. The van der Waals surface area contributed by atoms with E-state index in [9.17, 15) is 4.79 Å². The molecule has 6 heteroatoms. The first-order chi connectivity index (χ1) is 9.33. The Balaban J connectivity index is 1.46. The first-order valence-electron chi connectivity index (χ1n) is 7.08. The number of thioether (sulfide) groups is 1. The van der Waals surface area contributed by atoms with Gasteiger partial charge in [-0.05, 0) is 19.3 Å². The van der Waals surface area contributed by atoms with Crippen molar-refractivity contribution in [2.45, 2.75) is 43.4 Å². The third-order valence-electron chi connectivity index (χ3n) is 4.08. The molecule has 0 bridgehead atoms. The molecular weight excluding hydrogens is 260 g/mol. The second-order valence-electron chi connectivity index (χ2n) is 5.38. The molecular formula is C13H20N4OS. The summed E-state index contributed by atoms with van der Waals surface area (Å²) in [5, 5.41) is 8.58. The molecule has 2 aliphatic rings. The lowest BCUT2D eigenvalue weighted by atomic mass is 10.3. The average Bonchev–Trinajstić information content (AvgIpc) is 3.14. The van der Waals surface area contributed by atoms with E-state index in [1.165, 1.54) is 25.7 Å². The Morgan fingerprint density at radius 3 is 2.89 bits per heavy atom. The van der Waals surface area contributed by atoms with Crippen LogP contribution in [0.25, 0.3) is 0 Å². The van der Waals surface area contributed by atoms with Crippen LogP contribution >= 0.6 is 11.8 Å². The number of nitrogens with zero attached hydrogens (tertiary/aromatic N) is 4. The topological polar surface area (TPSA) is 51.0 Å². The van der Waals surface area contributed by atoms with Gasteiger partial charge in [-0.15, -0.1) is 16.9 Å². The molecule has 1 aliphatic carbocycles. The Kier molecular flexibility index (Phi) is 4.06. The molecule has 1 amide bonds. The van der Waals surface area contributed by atoms with Gasteiger partial charge in [0.25, 0.3) is 0 Å². The maximum absolute atomic E-state index is 12.2. The second kappa shape index (κ2) is 5.94. The number of rotatable bonds is 4. The van der Waals surface area contributed by atoms with Crippen LogP contribution in [0.5, 0.6) is 0 Å². The molecule has 5 nitrogen and oxygen atoms in total. The average molecular weight is 280 g/mol. The van der Waals surface area contributed by atoms with Crippen LogP contribution < -0.4 is 0 Å². The minimum atomic E-state index is 0.291. The van der Waals surface area contributed by atoms with Gasteiger partial charge in [-0.2, -0.15) is 0 Å². The lowest BCUT2D eigenvalue weighted by Gasteiger charge is -2.17. The van der Waals surface area contributed by atoms with Crippen LogP contribution in [0.2, 0.25) is 0 Å². The van der Waals surface area contributed by atoms with Crippen molar-refractivity contribution in [1.82, 2.24) is 19.9 Å². The summed E-state index contributed by atoms with van der Waals surface area (Å²) in [6.45, 7) is 1.64. The van der Waals surface area contributed by atoms with Crippen LogP contribution in [0.1, 0.15) is 38.1 Å². The van der Waals surface area contributed by atoms with Crippen molar-refractivity contribution in [2.24, 2.45) is 0 Å². The summed E-state index contributed by atoms with van der Waals surface area (Å²) in [4.78, 5) is 14.2. The molecule has 1 aromatic rings. The van der Waals surface area contributed by atoms with E-state index in [-0.39, 0.29) is 0 Å². The van der Waals surface area contributed by atoms with E-state index in [0.29, 0.717) is 17.7 Å². The fraction of sp³-hybridized carbons (Fsp3) is 0.769. The Morgan fingerprint density at radius 1 is 1.32 bits per heavy atom. The summed E-state index contributed by atoms with van der Waals surface area (Å²) in [6, 6.07) is 0.308. The van der Waals surface area contributed by atoms with Crippen LogP contribution in [0.15, 0.2) is 12.4 Å². The number of carbonyl (C=O) groups excluding carboxylic acids is 1. The molecule has 0 N–H and O–H groups in total. The number of likely N-dealkylation sites (tertiary alicyclic amines) is 1. The molecule has 2 heterocycles. The summed E-state index contributed by atoms with van der Waals surface area (Å²) >= 11 is 1.85. The standard InChI is InChI=1S/C13H20N4OS/c18-13(10-19-12-3-1-2-4-12)16-7-5-11(9-16)17-8-6-14-15-17/h6,8,11-12H,1-5,7,9-10H2/t11-/m1/s1. The number of aromatic nitrogens is 3. The first-order valence-corrected chi connectivity index (χ1v) is 8.13. The highest BCUT2D eigenvalue weighted by atomic mass is 32.2. The number of hydrogen-bond acceptors (Lipinski definition) is 4. The lowest BCUT2D eigenvalue weighted by Crippen LogP contribution is -2.31. The highest BCUT2D eigenvalue weighted by Crippen LogP contribution is 2.30. The van der Waals surface area contributed by atoms with Gasteiger partial charge in [0.05, 0.1) is 18.0 Å². The maximum Gasteiger partial charge on any atom is 0.232 e. The van der Waals surface area contributed by atoms with Crippen LogP contribution in [0.4, 0.5) is 0 Å². The third-order valence-corrected chi connectivity index (χ3v) is 5.43. The zero-order valence-corrected chi connectivity index (χ0v) is 11.9. The van der Waals surface area contributed by atoms with Gasteiger partial charge in [0.1, 0.15) is 0 Å². The molecule has 1 aromatic heterocycles. The van der Waals surface area contributed by atoms with Gasteiger partial charge in [0.2, 0.25) is 5.91 Å². The van der Waals surface area contributed by atoms with E-state index in [2.05, 4.69) is 10.3 Å². The molecule has 1 atom stereocenters. The van der Waals surface area contributed by atoms with E-state index in [0.717, 1.165) is 24.8 Å². The number of amides is 1. The summed E-state index contributed by atoms with van der Waals surface area (Å²) in [6.07, 6.45) is 9.82. The molecule has 2 fully saturated rings. The lowest BCUT2D eigenvalue weighted by molar-refractivity contribution is -0.127. The minimum Gasteiger partial charge on any atom is -0.340 e. The Labute approximate surface area is 117 Å². The predicted octanol–water partition coefficient (Wildman–Crippen LogP) is 1.73. The third kappa shape index (κ3) is 3.11. The normalized spacial score (nSPS) is 24.2. The Hall–Kier alpha value is -1.04. The molecule has 1 aliphatic heterocycles. The first kappa shape index (κ1) is 13.0. The van der Waals surface area contributed by atoms with Crippen molar-refractivity contribution < 1.29 is 4.79 Å². The van der Waals surface area contributed by atoms with Gasteiger partial charge < -0.3 is 4.90 Å². The van der Waals surface area contributed by atoms with Crippen molar-refractivity contribution in [3.8, 4) is 0 Å². The van der Waals surface area contributed by atoms with Gasteiger partial charge >= 0.3 is 0 Å². The molecule has 3 rings (SSSR count). The largest absolute Gasteiger partial charge is 0.340 e. The second-order valence-corrected chi connectivity index (χ2v) is 6.67. The van der Waals surface area contributed by atoms with Gasteiger partial charge in [0, 0.05) is 24.5 Å². The SMILES string of the molecule is O=C(CSC1CCCC1)N1CC[C@@H](n2ccnn2)C1. The van der Waals surface area contributed by atoms with Crippen molar-refractivity contribution in [3.05, 3.63) is 12.4 Å². The maximum atomic E-state index is 12.2. The van der Waals surface area contributed by atoms with Crippen LogP contribution in [0, 0.1) is 0 Å². The summed E-state index contributed by atoms with van der Waals surface area (Å²) < 4.78 is 1.87. The molecule has 0 unspecified atom stereocenters. The van der Waals surface area contributed by atoms with Crippen LogP contribution in [-0.2, 0) is 4.79 Å². The summed E-state index contributed by atoms with van der Waals surface area (Å²) in [7, 11) is 0.